The molecule has 1 aliphatic rings. The Morgan fingerprint density at radius 1 is 1.11 bits per heavy atom. The highest BCUT2D eigenvalue weighted by Crippen LogP contribution is 2.32. The zero-order chi connectivity index (χ0) is 20.0. The van der Waals surface area contributed by atoms with Crippen molar-refractivity contribution in [3.8, 4) is 11.5 Å². The molecule has 0 spiro atoms. The Morgan fingerprint density at radius 3 is 2.37 bits per heavy atom. The van der Waals surface area contributed by atoms with Crippen LogP contribution in [0.25, 0.3) is 0 Å². The number of hydrogen-bond acceptors (Lipinski definition) is 5. The molecule has 2 rings (SSSR count). The van der Waals surface area contributed by atoms with Gasteiger partial charge in [0.15, 0.2) is 11.5 Å². The summed E-state index contributed by atoms with van der Waals surface area (Å²) in [6.45, 7) is 11.7. The van der Waals surface area contributed by atoms with E-state index in [9.17, 15) is 9.59 Å². The molecule has 150 valence electrons. The van der Waals surface area contributed by atoms with Crippen LogP contribution in [-0.4, -0.2) is 55.1 Å². The fourth-order valence-electron chi connectivity index (χ4n) is 2.84. The van der Waals surface area contributed by atoms with E-state index in [2.05, 4.69) is 10.6 Å². The average Bonchev–Trinajstić information content (AvgIpc) is 2.58. The molecule has 0 unspecified atom stereocenters. The van der Waals surface area contributed by atoms with Crippen LogP contribution in [0.3, 0.4) is 0 Å². The Bertz CT molecular complexity index is 670. The molecule has 0 bridgehead atoms. The summed E-state index contributed by atoms with van der Waals surface area (Å²) in [4.78, 5) is 26.3. The highest BCUT2D eigenvalue weighted by Gasteiger charge is 2.19. The van der Waals surface area contributed by atoms with E-state index in [1.165, 1.54) is 0 Å². The van der Waals surface area contributed by atoms with Crippen molar-refractivity contribution < 1.29 is 19.1 Å². The topological polar surface area (TPSA) is 79.9 Å². The summed E-state index contributed by atoms with van der Waals surface area (Å²) in [5.41, 5.74) is 0.659. The van der Waals surface area contributed by atoms with Crippen LogP contribution in [-0.2, 0) is 9.59 Å². The first kappa shape index (κ1) is 21.0. The summed E-state index contributed by atoms with van der Waals surface area (Å²) in [5.74, 6) is 1.22. The zero-order valence-electron chi connectivity index (χ0n) is 16.9. The standard InChI is InChI=1S/C20H31N3O4/c1-6-23(13-19(25)22-20(3,4)5)12-18(24)21-14(2)15-7-8-16-17(11-15)27-10-9-26-16/h7-8,11,14H,6,9-10,12-13H2,1-5H3,(H,21,24)(H,22,25)/t14-/m1/s1. The second-order valence-corrected chi connectivity index (χ2v) is 7.79. The first-order valence-corrected chi connectivity index (χ1v) is 9.40. The molecule has 1 aromatic rings. The molecular formula is C20H31N3O4. The third-order valence-electron chi connectivity index (χ3n) is 4.14. The number of likely N-dealkylation sites (N-methyl/N-ethyl adjacent to an activating group) is 1. The van der Waals surface area contributed by atoms with Crippen molar-refractivity contribution in [1.82, 2.24) is 15.5 Å². The van der Waals surface area contributed by atoms with Crippen LogP contribution in [0.5, 0.6) is 11.5 Å². The van der Waals surface area contributed by atoms with E-state index in [1.54, 1.807) is 0 Å². The van der Waals surface area contributed by atoms with Crippen molar-refractivity contribution in [3.05, 3.63) is 23.8 Å². The average molecular weight is 377 g/mol. The largest absolute Gasteiger partial charge is 0.486 e. The van der Waals surface area contributed by atoms with Crippen LogP contribution in [0, 0.1) is 0 Å². The van der Waals surface area contributed by atoms with Crippen molar-refractivity contribution in [2.45, 2.75) is 46.2 Å². The van der Waals surface area contributed by atoms with Gasteiger partial charge in [-0.25, -0.2) is 0 Å². The van der Waals surface area contributed by atoms with Gasteiger partial charge in [0.1, 0.15) is 13.2 Å². The molecule has 0 saturated heterocycles. The van der Waals surface area contributed by atoms with Gasteiger partial charge in [-0.05, 0) is 51.9 Å². The summed E-state index contributed by atoms with van der Waals surface area (Å²) in [6, 6.07) is 5.51. The number of carbonyl (C=O) groups excluding carboxylic acids is 2. The normalized spacial score (nSPS) is 14.6. The van der Waals surface area contributed by atoms with Crippen molar-refractivity contribution in [1.29, 1.82) is 0 Å². The van der Waals surface area contributed by atoms with Gasteiger partial charge in [-0.1, -0.05) is 13.0 Å². The number of nitrogens with zero attached hydrogens (tertiary/aromatic N) is 1. The van der Waals surface area contributed by atoms with Crippen LogP contribution < -0.4 is 20.1 Å². The van der Waals surface area contributed by atoms with Gasteiger partial charge in [-0.15, -0.1) is 0 Å². The van der Waals surface area contributed by atoms with E-state index in [1.807, 2.05) is 57.7 Å². The Kier molecular flexibility index (Phi) is 7.07. The number of fused-ring (bicyclic) bond motifs is 1. The molecule has 0 saturated carbocycles. The fraction of sp³-hybridized carbons (Fsp3) is 0.600. The minimum absolute atomic E-state index is 0.0861. The van der Waals surface area contributed by atoms with E-state index in [0.717, 1.165) is 11.3 Å². The van der Waals surface area contributed by atoms with Gasteiger partial charge in [-0.2, -0.15) is 0 Å². The third-order valence-corrected chi connectivity index (χ3v) is 4.14. The first-order valence-electron chi connectivity index (χ1n) is 9.40. The minimum Gasteiger partial charge on any atom is -0.486 e. The summed E-state index contributed by atoms with van der Waals surface area (Å²) < 4.78 is 11.1. The Balaban J connectivity index is 1.88. The monoisotopic (exact) mass is 377 g/mol. The summed E-state index contributed by atoms with van der Waals surface area (Å²) in [6.07, 6.45) is 0. The maximum Gasteiger partial charge on any atom is 0.234 e. The minimum atomic E-state index is -0.286. The lowest BCUT2D eigenvalue weighted by molar-refractivity contribution is -0.126. The lowest BCUT2D eigenvalue weighted by atomic mass is 10.1. The molecule has 0 aliphatic carbocycles. The highest BCUT2D eigenvalue weighted by molar-refractivity contribution is 5.81. The van der Waals surface area contributed by atoms with E-state index < -0.39 is 0 Å². The predicted octanol–water partition coefficient (Wildman–Crippen LogP) is 1.87. The molecule has 1 atom stereocenters. The zero-order valence-corrected chi connectivity index (χ0v) is 16.9. The molecule has 2 N–H and O–H groups in total. The van der Waals surface area contributed by atoms with Gasteiger partial charge in [0.2, 0.25) is 11.8 Å². The highest BCUT2D eigenvalue weighted by atomic mass is 16.6. The van der Waals surface area contributed by atoms with Crippen molar-refractivity contribution in [2.75, 3.05) is 32.8 Å². The van der Waals surface area contributed by atoms with E-state index >= 15 is 0 Å². The van der Waals surface area contributed by atoms with Crippen LogP contribution in [0.4, 0.5) is 0 Å². The maximum atomic E-state index is 12.4. The molecule has 0 radical (unpaired) electrons. The molecule has 1 aromatic carbocycles. The third kappa shape index (κ3) is 6.75. The fourth-order valence-corrected chi connectivity index (χ4v) is 2.84. The number of rotatable bonds is 7. The van der Waals surface area contributed by atoms with Crippen LogP contribution >= 0.6 is 0 Å². The summed E-state index contributed by atoms with van der Waals surface area (Å²) in [7, 11) is 0. The van der Waals surface area contributed by atoms with Crippen molar-refractivity contribution in [3.63, 3.8) is 0 Å². The number of benzene rings is 1. The van der Waals surface area contributed by atoms with E-state index in [4.69, 9.17) is 9.47 Å². The van der Waals surface area contributed by atoms with Gasteiger partial charge >= 0.3 is 0 Å². The number of ether oxygens (including phenoxy) is 2. The SMILES string of the molecule is CCN(CC(=O)N[C@H](C)c1ccc2c(c1)OCCO2)CC(=O)NC(C)(C)C. The lowest BCUT2D eigenvalue weighted by Gasteiger charge is -2.25. The number of amides is 2. The van der Waals surface area contributed by atoms with Crippen LogP contribution in [0.1, 0.15) is 46.2 Å². The van der Waals surface area contributed by atoms with Gasteiger partial charge in [0, 0.05) is 5.54 Å². The first-order chi connectivity index (χ1) is 12.7. The van der Waals surface area contributed by atoms with Crippen molar-refractivity contribution >= 4 is 11.8 Å². The molecular weight excluding hydrogens is 346 g/mol. The Labute approximate surface area is 161 Å². The van der Waals surface area contributed by atoms with Gasteiger partial charge < -0.3 is 20.1 Å². The molecule has 1 aliphatic heterocycles. The second-order valence-electron chi connectivity index (χ2n) is 7.79. The summed E-state index contributed by atoms with van der Waals surface area (Å²) in [5, 5.41) is 5.90. The quantitative estimate of drug-likeness (QED) is 0.758. The van der Waals surface area contributed by atoms with Crippen LogP contribution in [0.15, 0.2) is 18.2 Å². The molecule has 27 heavy (non-hydrogen) atoms. The number of carbonyl (C=O) groups is 2. The summed E-state index contributed by atoms with van der Waals surface area (Å²) >= 11 is 0. The van der Waals surface area contributed by atoms with Gasteiger partial charge in [0.05, 0.1) is 19.1 Å². The molecule has 2 amide bonds. The number of hydrogen-bond donors (Lipinski definition) is 2. The van der Waals surface area contributed by atoms with Gasteiger partial charge in [0.25, 0.3) is 0 Å². The molecule has 0 aromatic heterocycles. The van der Waals surface area contributed by atoms with E-state index in [-0.39, 0.29) is 36.5 Å². The van der Waals surface area contributed by atoms with Crippen molar-refractivity contribution in [2.24, 2.45) is 0 Å². The lowest BCUT2D eigenvalue weighted by Crippen LogP contribution is -2.48. The Hall–Kier alpha value is -2.28. The molecule has 1 heterocycles. The number of nitrogens with one attached hydrogen (secondary N) is 2. The molecule has 7 heteroatoms. The molecule has 7 nitrogen and oxygen atoms in total. The van der Waals surface area contributed by atoms with Crippen LogP contribution in [0.2, 0.25) is 0 Å². The molecule has 0 fully saturated rings. The predicted molar refractivity (Wildman–Crippen MR) is 104 cm³/mol. The smallest absolute Gasteiger partial charge is 0.234 e. The maximum absolute atomic E-state index is 12.4. The Morgan fingerprint density at radius 2 is 1.74 bits per heavy atom. The second kappa shape index (κ2) is 9.08. The van der Waals surface area contributed by atoms with E-state index in [0.29, 0.717) is 25.5 Å². The van der Waals surface area contributed by atoms with Gasteiger partial charge in [-0.3, -0.25) is 14.5 Å².